The SMILES string of the molecule is O=C(O)C1(Br)CC1(F)F. The molecule has 1 unspecified atom stereocenters. The summed E-state index contributed by atoms with van der Waals surface area (Å²) >= 11 is 2.43. The predicted octanol–water partition coefficient (Wildman–Crippen LogP) is 1.24. The molecule has 0 heterocycles. The van der Waals surface area contributed by atoms with Gasteiger partial charge in [0.25, 0.3) is 5.92 Å². The summed E-state index contributed by atoms with van der Waals surface area (Å²) in [5, 5.41) is 8.12. The molecule has 1 aliphatic rings. The molecule has 5 heteroatoms. The summed E-state index contributed by atoms with van der Waals surface area (Å²) in [5.41, 5.74) is 0. The minimum Gasteiger partial charge on any atom is -0.480 e. The topological polar surface area (TPSA) is 37.3 Å². The van der Waals surface area contributed by atoms with Crippen LogP contribution in [0.3, 0.4) is 0 Å². The van der Waals surface area contributed by atoms with Gasteiger partial charge in [-0.1, -0.05) is 15.9 Å². The van der Waals surface area contributed by atoms with E-state index in [1.807, 2.05) is 0 Å². The zero-order valence-electron chi connectivity index (χ0n) is 4.20. The largest absolute Gasteiger partial charge is 0.480 e. The number of carboxylic acid groups (broad SMARTS) is 1. The van der Waals surface area contributed by atoms with Gasteiger partial charge in [0, 0.05) is 6.42 Å². The maximum Gasteiger partial charge on any atom is 0.326 e. The molecule has 9 heavy (non-hydrogen) atoms. The van der Waals surface area contributed by atoms with E-state index in [0.29, 0.717) is 0 Å². The van der Waals surface area contributed by atoms with Crippen LogP contribution < -0.4 is 0 Å². The number of hydrogen-bond acceptors (Lipinski definition) is 1. The van der Waals surface area contributed by atoms with Crippen LogP contribution >= 0.6 is 15.9 Å². The molecule has 1 atom stereocenters. The predicted molar refractivity (Wildman–Crippen MR) is 28.9 cm³/mol. The third-order valence-corrected chi connectivity index (χ3v) is 2.46. The second-order valence-corrected chi connectivity index (χ2v) is 3.34. The average Bonchev–Trinajstić information content (AvgIpc) is 2.08. The number of hydrogen-bond donors (Lipinski definition) is 1. The van der Waals surface area contributed by atoms with Crippen molar-refractivity contribution in [3.05, 3.63) is 0 Å². The van der Waals surface area contributed by atoms with Gasteiger partial charge in [0.1, 0.15) is 0 Å². The minimum absolute atomic E-state index is 0.602. The van der Waals surface area contributed by atoms with E-state index < -0.39 is 22.6 Å². The van der Waals surface area contributed by atoms with Crippen molar-refractivity contribution in [2.45, 2.75) is 16.7 Å². The maximum absolute atomic E-state index is 12.0. The van der Waals surface area contributed by atoms with Crippen LogP contribution in [0.5, 0.6) is 0 Å². The molecule has 0 amide bonds. The Balaban J connectivity index is 2.74. The zero-order chi connectivity index (χ0) is 7.28. The van der Waals surface area contributed by atoms with E-state index in [0.717, 1.165) is 0 Å². The molecular formula is C4H3BrF2O2. The van der Waals surface area contributed by atoms with Crippen LogP contribution in [0.15, 0.2) is 0 Å². The lowest BCUT2D eigenvalue weighted by atomic mass is 10.4. The van der Waals surface area contributed by atoms with Crippen LogP contribution in [0.1, 0.15) is 6.42 Å². The maximum atomic E-state index is 12.0. The van der Waals surface area contributed by atoms with Crippen molar-refractivity contribution >= 4 is 21.9 Å². The molecule has 0 aliphatic heterocycles. The van der Waals surface area contributed by atoms with Gasteiger partial charge in [-0.2, -0.15) is 0 Å². The molecule has 0 aromatic heterocycles. The molecule has 0 radical (unpaired) electrons. The number of aliphatic carboxylic acids is 1. The molecule has 52 valence electrons. The standard InChI is InChI=1S/C4H3BrF2O2/c5-3(2(8)9)1-4(3,6)7/h1H2,(H,8,9). The van der Waals surface area contributed by atoms with Gasteiger partial charge in [-0.3, -0.25) is 4.79 Å². The molecule has 2 nitrogen and oxygen atoms in total. The van der Waals surface area contributed by atoms with E-state index in [1.165, 1.54) is 0 Å². The van der Waals surface area contributed by atoms with Crippen LogP contribution in [0.4, 0.5) is 8.78 Å². The van der Waals surface area contributed by atoms with Crippen LogP contribution in [-0.4, -0.2) is 21.3 Å². The molecule has 1 aliphatic carbocycles. The summed E-state index contributed by atoms with van der Waals surface area (Å²) in [7, 11) is 0. The first-order valence-electron chi connectivity index (χ1n) is 2.20. The van der Waals surface area contributed by atoms with Gasteiger partial charge in [-0.25, -0.2) is 8.78 Å². The molecule has 0 aromatic rings. The molecule has 0 saturated heterocycles. The van der Waals surface area contributed by atoms with Crippen molar-refractivity contribution in [3.63, 3.8) is 0 Å². The Bertz CT molecular complexity index is 170. The fourth-order valence-corrected chi connectivity index (χ4v) is 0.846. The fourth-order valence-electron chi connectivity index (χ4n) is 0.494. The lowest BCUT2D eigenvalue weighted by Gasteiger charge is -1.98. The Kier molecular flexibility index (Phi) is 1.11. The summed E-state index contributed by atoms with van der Waals surface area (Å²) in [5.74, 6) is -4.55. The van der Waals surface area contributed by atoms with Crippen molar-refractivity contribution in [1.29, 1.82) is 0 Å². The molecule has 1 rings (SSSR count). The Morgan fingerprint density at radius 3 is 2.00 bits per heavy atom. The van der Waals surface area contributed by atoms with Gasteiger partial charge in [0.15, 0.2) is 4.32 Å². The van der Waals surface area contributed by atoms with E-state index in [9.17, 15) is 13.6 Å². The minimum atomic E-state index is -3.06. The molecule has 0 spiro atoms. The van der Waals surface area contributed by atoms with Gasteiger partial charge < -0.3 is 5.11 Å². The van der Waals surface area contributed by atoms with E-state index >= 15 is 0 Å². The van der Waals surface area contributed by atoms with Gasteiger partial charge in [-0.05, 0) is 0 Å². The molecule has 0 bridgehead atoms. The monoisotopic (exact) mass is 200 g/mol. The zero-order valence-corrected chi connectivity index (χ0v) is 5.78. The normalized spacial score (nSPS) is 38.1. The van der Waals surface area contributed by atoms with Gasteiger partial charge >= 0.3 is 5.97 Å². The smallest absolute Gasteiger partial charge is 0.326 e. The summed E-state index contributed by atoms with van der Waals surface area (Å²) in [4.78, 5) is 9.97. The van der Waals surface area contributed by atoms with E-state index in [2.05, 4.69) is 15.9 Å². The van der Waals surface area contributed by atoms with E-state index in [4.69, 9.17) is 5.11 Å². The van der Waals surface area contributed by atoms with Crippen molar-refractivity contribution in [3.8, 4) is 0 Å². The third-order valence-electron chi connectivity index (χ3n) is 1.26. The second kappa shape index (κ2) is 1.45. The molecule has 1 N–H and O–H groups in total. The highest BCUT2D eigenvalue weighted by molar-refractivity contribution is 9.10. The lowest BCUT2D eigenvalue weighted by molar-refractivity contribution is -0.138. The Hall–Kier alpha value is -0.190. The van der Waals surface area contributed by atoms with Crippen LogP contribution in [0.2, 0.25) is 0 Å². The highest BCUT2D eigenvalue weighted by Crippen LogP contribution is 2.58. The fraction of sp³-hybridized carbons (Fsp3) is 0.750. The van der Waals surface area contributed by atoms with Gasteiger partial charge in [0.2, 0.25) is 0 Å². The summed E-state index contributed by atoms with van der Waals surface area (Å²) in [6.45, 7) is 0. The number of alkyl halides is 3. The Labute approximate surface area is 58.0 Å². The second-order valence-electron chi connectivity index (χ2n) is 1.99. The van der Waals surface area contributed by atoms with Crippen LogP contribution in [-0.2, 0) is 4.79 Å². The third kappa shape index (κ3) is 0.745. The average molecular weight is 201 g/mol. The summed E-state index contributed by atoms with van der Waals surface area (Å²) < 4.78 is 22.0. The Morgan fingerprint density at radius 1 is 1.67 bits per heavy atom. The number of rotatable bonds is 1. The number of carbonyl (C=O) groups is 1. The summed E-state index contributed by atoms with van der Waals surface area (Å²) in [6, 6.07) is 0. The number of carboxylic acids is 1. The lowest BCUT2D eigenvalue weighted by Crippen LogP contribution is -2.21. The quantitative estimate of drug-likeness (QED) is 0.648. The van der Waals surface area contributed by atoms with E-state index in [1.54, 1.807) is 0 Å². The molecular weight excluding hydrogens is 198 g/mol. The highest BCUT2D eigenvalue weighted by Gasteiger charge is 2.75. The molecule has 1 fully saturated rings. The first-order valence-corrected chi connectivity index (χ1v) is 2.99. The van der Waals surface area contributed by atoms with Crippen LogP contribution in [0.25, 0.3) is 0 Å². The number of halogens is 3. The van der Waals surface area contributed by atoms with Crippen molar-refractivity contribution in [2.24, 2.45) is 0 Å². The van der Waals surface area contributed by atoms with Crippen molar-refractivity contribution < 1.29 is 18.7 Å². The molecule has 0 aromatic carbocycles. The van der Waals surface area contributed by atoms with E-state index in [-0.39, 0.29) is 0 Å². The first-order chi connectivity index (χ1) is 3.90. The Morgan fingerprint density at radius 2 is 2.00 bits per heavy atom. The van der Waals surface area contributed by atoms with Crippen LogP contribution in [0, 0.1) is 0 Å². The molecule has 1 saturated carbocycles. The van der Waals surface area contributed by atoms with Crippen molar-refractivity contribution in [1.82, 2.24) is 0 Å². The van der Waals surface area contributed by atoms with Crippen molar-refractivity contribution in [2.75, 3.05) is 0 Å². The van der Waals surface area contributed by atoms with Gasteiger partial charge in [0.05, 0.1) is 0 Å². The highest BCUT2D eigenvalue weighted by atomic mass is 79.9. The first kappa shape index (κ1) is 6.92. The summed E-state index contributed by atoms with van der Waals surface area (Å²) in [6.07, 6.45) is -0.602. The van der Waals surface area contributed by atoms with Gasteiger partial charge in [-0.15, -0.1) is 0 Å².